The highest BCUT2D eigenvalue weighted by Gasteiger charge is 2.22. The monoisotopic (exact) mass is 459 g/mol. The Hall–Kier alpha value is -3.28. The summed E-state index contributed by atoms with van der Waals surface area (Å²) in [6, 6.07) is 5.82. The smallest absolute Gasteiger partial charge is 0.273 e. The number of morpholine rings is 1. The molecule has 2 aromatic heterocycles. The van der Waals surface area contributed by atoms with Crippen molar-refractivity contribution < 1.29 is 9.53 Å². The first-order chi connectivity index (χ1) is 15.6. The van der Waals surface area contributed by atoms with Crippen molar-refractivity contribution in [1.82, 2.24) is 30.0 Å². The number of ether oxygens (including phenoxy) is 1. The van der Waals surface area contributed by atoms with Crippen LogP contribution >= 0.6 is 11.6 Å². The molecule has 0 saturated carbocycles. The summed E-state index contributed by atoms with van der Waals surface area (Å²) in [5, 5.41) is 13.0. The Labute approximate surface area is 190 Å². The molecule has 170 valence electrons. The summed E-state index contributed by atoms with van der Waals surface area (Å²) >= 11 is 6.04. The summed E-state index contributed by atoms with van der Waals surface area (Å²) in [5.41, 5.74) is 9.30. The highest BCUT2D eigenvalue weighted by Crippen LogP contribution is 2.31. The summed E-state index contributed by atoms with van der Waals surface area (Å²) in [6.07, 6.45) is 3.13. The van der Waals surface area contributed by atoms with Crippen LogP contribution < -0.4 is 21.7 Å². The van der Waals surface area contributed by atoms with Gasteiger partial charge in [-0.05, 0) is 25.2 Å². The molecule has 4 rings (SSSR count). The SMILES string of the molecule is CNCCNc1ccc(-n2cc(C(=O)N3CCOCC3)[nH]2)cc1Nc1ncnc(Cl)c1N. The molecule has 0 radical (unpaired) electrons. The average Bonchev–Trinajstić information content (AvgIpc) is 2.78. The molecule has 1 aromatic carbocycles. The summed E-state index contributed by atoms with van der Waals surface area (Å²) in [4.78, 5) is 22.4. The second-order valence-electron chi connectivity index (χ2n) is 7.24. The summed E-state index contributed by atoms with van der Waals surface area (Å²) in [7, 11) is 1.89. The van der Waals surface area contributed by atoms with Crippen LogP contribution in [0.4, 0.5) is 22.9 Å². The van der Waals surface area contributed by atoms with E-state index in [0.717, 1.165) is 30.2 Å². The molecule has 6 N–H and O–H groups in total. The van der Waals surface area contributed by atoms with Gasteiger partial charge in [-0.25, -0.2) is 9.97 Å². The van der Waals surface area contributed by atoms with E-state index in [1.165, 1.54) is 6.33 Å². The maximum absolute atomic E-state index is 12.6. The fourth-order valence-electron chi connectivity index (χ4n) is 3.30. The number of aromatic nitrogens is 4. The van der Waals surface area contributed by atoms with Crippen LogP contribution in [0.25, 0.3) is 5.69 Å². The lowest BCUT2D eigenvalue weighted by Gasteiger charge is -2.28. The van der Waals surface area contributed by atoms with Crippen molar-refractivity contribution in [2.45, 2.75) is 0 Å². The molecule has 11 nitrogen and oxygen atoms in total. The van der Waals surface area contributed by atoms with Crippen molar-refractivity contribution in [1.29, 1.82) is 0 Å². The highest BCUT2D eigenvalue weighted by molar-refractivity contribution is 6.32. The largest absolute Gasteiger partial charge is 0.393 e. The van der Waals surface area contributed by atoms with Crippen LogP contribution in [0.2, 0.25) is 5.15 Å². The lowest BCUT2D eigenvalue weighted by atomic mass is 10.2. The van der Waals surface area contributed by atoms with Crippen LogP contribution in [0.5, 0.6) is 0 Å². The molecule has 0 atom stereocenters. The number of H-pyrrole nitrogens is 1. The van der Waals surface area contributed by atoms with Gasteiger partial charge in [-0.3, -0.25) is 14.6 Å². The van der Waals surface area contributed by atoms with Gasteiger partial charge in [0.25, 0.3) is 5.91 Å². The van der Waals surface area contributed by atoms with Crippen LogP contribution in [0.1, 0.15) is 10.5 Å². The van der Waals surface area contributed by atoms with E-state index >= 15 is 0 Å². The van der Waals surface area contributed by atoms with E-state index in [9.17, 15) is 4.79 Å². The van der Waals surface area contributed by atoms with Crippen LogP contribution in [-0.4, -0.2) is 77.0 Å². The van der Waals surface area contributed by atoms with Gasteiger partial charge in [0, 0.05) is 26.2 Å². The first-order valence-electron chi connectivity index (χ1n) is 10.3. The van der Waals surface area contributed by atoms with Crippen molar-refractivity contribution in [2.24, 2.45) is 0 Å². The number of rotatable bonds is 8. The number of nitrogens with zero attached hydrogens (tertiary/aromatic N) is 4. The molecular weight excluding hydrogens is 434 g/mol. The predicted molar refractivity (Wildman–Crippen MR) is 124 cm³/mol. The van der Waals surface area contributed by atoms with Crippen LogP contribution in [0.3, 0.4) is 0 Å². The molecule has 0 unspecified atom stereocenters. The lowest BCUT2D eigenvalue weighted by Crippen LogP contribution is -2.42. The third-order valence-corrected chi connectivity index (χ3v) is 5.39. The second kappa shape index (κ2) is 9.90. The quantitative estimate of drug-likeness (QED) is 0.253. The molecule has 32 heavy (non-hydrogen) atoms. The number of hydrogen-bond donors (Lipinski definition) is 5. The molecule has 1 amide bonds. The van der Waals surface area contributed by atoms with Crippen molar-refractivity contribution in [2.75, 3.05) is 62.8 Å². The number of carbonyl (C=O) groups excluding carboxylic acids is 1. The molecule has 1 aliphatic rings. The zero-order valence-corrected chi connectivity index (χ0v) is 18.4. The van der Waals surface area contributed by atoms with Crippen LogP contribution in [0, 0.1) is 0 Å². The number of nitrogen functional groups attached to an aromatic ring is 1. The Morgan fingerprint density at radius 1 is 1.25 bits per heavy atom. The number of anilines is 4. The normalized spacial score (nSPS) is 13.9. The number of likely N-dealkylation sites (N-methyl/N-ethyl adjacent to an activating group) is 1. The van der Waals surface area contributed by atoms with Gasteiger partial charge in [-0.15, -0.1) is 0 Å². The minimum atomic E-state index is -0.0309. The molecule has 3 aromatic rings. The lowest BCUT2D eigenvalue weighted by molar-refractivity contribution is 0.0294. The standard InChI is InChI=1S/C20H26ClN9O2/c1-23-4-5-24-14-3-2-13(10-15(14)27-19-17(22)18(21)25-12-26-19)30-11-16(28-30)20(31)29-6-8-32-9-7-29/h2-3,10-12,23-24,28H,4-9,22H2,1H3,(H,25,26,27). The number of carbonyl (C=O) groups is 1. The minimum Gasteiger partial charge on any atom is -0.393 e. The van der Waals surface area contributed by atoms with Crippen LogP contribution in [-0.2, 0) is 4.74 Å². The molecule has 1 saturated heterocycles. The van der Waals surface area contributed by atoms with E-state index < -0.39 is 0 Å². The van der Waals surface area contributed by atoms with E-state index in [1.54, 1.807) is 15.8 Å². The highest BCUT2D eigenvalue weighted by atomic mass is 35.5. The van der Waals surface area contributed by atoms with Gasteiger partial charge in [0.2, 0.25) is 0 Å². The maximum atomic E-state index is 12.6. The second-order valence-corrected chi connectivity index (χ2v) is 7.60. The van der Waals surface area contributed by atoms with Crippen molar-refractivity contribution >= 4 is 40.4 Å². The van der Waals surface area contributed by atoms with Gasteiger partial charge in [-0.2, -0.15) is 0 Å². The number of halogens is 1. The molecule has 0 bridgehead atoms. The van der Waals surface area contributed by atoms with E-state index in [0.29, 0.717) is 37.8 Å². The van der Waals surface area contributed by atoms with Gasteiger partial charge in [-0.1, -0.05) is 11.6 Å². The number of aromatic amines is 1. The maximum Gasteiger partial charge on any atom is 0.273 e. The van der Waals surface area contributed by atoms with Gasteiger partial charge in [0.15, 0.2) is 11.0 Å². The Morgan fingerprint density at radius 2 is 2.03 bits per heavy atom. The molecule has 1 aliphatic heterocycles. The molecular formula is C20H26ClN9O2. The van der Waals surface area contributed by atoms with Crippen LogP contribution in [0.15, 0.2) is 30.7 Å². The number of nitrogens with one attached hydrogen (secondary N) is 4. The fourth-order valence-corrected chi connectivity index (χ4v) is 3.43. The van der Waals surface area contributed by atoms with E-state index in [1.807, 2.05) is 25.2 Å². The number of nitrogens with two attached hydrogens (primary N) is 1. The number of benzene rings is 1. The molecule has 12 heteroatoms. The first kappa shape index (κ1) is 21.9. The van der Waals surface area contributed by atoms with Gasteiger partial charge >= 0.3 is 0 Å². The van der Waals surface area contributed by atoms with E-state index in [4.69, 9.17) is 22.1 Å². The summed E-state index contributed by atoms with van der Waals surface area (Å²) < 4.78 is 7.09. The minimum absolute atomic E-state index is 0.0309. The van der Waals surface area contributed by atoms with Gasteiger partial charge in [0.1, 0.15) is 17.7 Å². The number of hydrogen-bond acceptors (Lipinski definition) is 8. The van der Waals surface area contributed by atoms with E-state index in [-0.39, 0.29) is 16.7 Å². The third-order valence-electron chi connectivity index (χ3n) is 5.09. The fraction of sp³-hybridized carbons (Fsp3) is 0.350. The third kappa shape index (κ3) is 4.79. The Balaban J connectivity index is 1.56. The van der Waals surface area contributed by atoms with Crippen molar-refractivity contribution in [3.63, 3.8) is 0 Å². The molecule has 0 aliphatic carbocycles. The molecule has 0 spiro atoms. The van der Waals surface area contributed by atoms with Gasteiger partial charge < -0.3 is 31.3 Å². The van der Waals surface area contributed by atoms with Gasteiger partial charge in [0.05, 0.1) is 36.5 Å². The Bertz CT molecular complexity index is 1060. The topological polar surface area (TPSA) is 138 Å². The summed E-state index contributed by atoms with van der Waals surface area (Å²) in [6.45, 7) is 3.85. The zero-order valence-electron chi connectivity index (χ0n) is 17.7. The first-order valence-corrected chi connectivity index (χ1v) is 10.6. The van der Waals surface area contributed by atoms with E-state index in [2.05, 4.69) is 31.0 Å². The molecule has 1 fully saturated rings. The number of amides is 1. The summed E-state index contributed by atoms with van der Waals surface area (Å²) in [5.74, 6) is 0.380. The van der Waals surface area contributed by atoms with Crippen molar-refractivity contribution in [3.8, 4) is 5.69 Å². The average molecular weight is 460 g/mol. The molecule has 3 heterocycles. The zero-order chi connectivity index (χ0) is 22.5. The Morgan fingerprint density at radius 3 is 2.78 bits per heavy atom. The van der Waals surface area contributed by atoms with Crippen molar-refractivity contribution in [3.05, 3.63) is 41.6 Å². The predicted octanol–water partition coefficient (Wildman–Crippen LogP) is 1.68. The Kier molecular flexibility index (Phi) is 6.78.